The van der Waals surface area contributed by atoms with E-state index in [1.807, 2.05) is 0 Å². The highest BCUT2D eigenvalue weighted by atomic mass is 31.2. The summed E-state index contributed by atoms with van der Waals surface area (Å²) < 4.78 is 15.4. The van der Waals surface area contributed by atoms with Gasteiger partial charge in [-0.05, 0) is 6.07 Å². The molecule has 0 aliphatic carbocycles. The molecule has 0 amide bonds. The third kappa shape index (κ3) is 4.00. The molecule has 17 heavy (non-hydrogen) atoms. The van der Waals surface area contributed by atoms with Crippen LogP contribution in [-0.4, -0.2) is 21.8 Å². The number of hydrazine groups is 1. The summed E-state index contributed by atoms with van der Waals surface area (Å²) in [4.78, 5) is 27.0. The van der Waals surface area contributed by atoms with E-state index in [4.69, 9.17) is 14.5 Å². The van der Waals surface area contributed by atoms with Gasteiger partial charge in [0.25, 0.3) is 5.69 Å². The number of benzene rings is 1. The largest absolute Gasteiger partial charge is 0.494 e. The Bertz CT molecular complexity index is 473. The van der Waals surface area contributed by atoms with Crippen LogP contribution in [0.2, 0.25) is 0 Å². The second-order valence-corrected chi connectivity index (χ2v) is 4.23. The van der Waals surface area contributed by atoms with Gasteiger partial charge in [-0.2, -0.15) is 0 Å². The normalized spacial score (nSPS) is 11.0. The van der Waals surface area contributed by atoms with Crippen LogP contribution in [0.3, 0.4) is 0 Å². The Hall–Kier alpha value is -1.67. The quantitative estimate of drug-likeness (QED) is 0.345. The van der Waals surface area contributed by atoms with Crippen molar-refractivity contribution in [2.75, 3.05) is 12.5 Å². The lowest BCUT2D eigenvalue weighted by atomic mass is 10.2. The molecule has 0 radical (unpaired) electrons. The Morgan fingerprint density at radius 2 is 2.12 bits per heavy atom. The predicted molar refractivity (Wildman–Crippen MR) is 58.5 cm³/mol. The number of ether oxygens (including phenoxy) is 1. The number of hydrogen-bond acceptors (Lipinski definition) is 5. The van der Waals surface area contributed by atoms with Crippen LogP contribution >= 0.6 is 7.75 Å². The number of rotatable bonds is 5. The fourth-order valence-corrected chi connectivity index (χ4v) is 1.30. The zero-order valence-corrected chi connectivity index (χ0v) is 9.55. The van der Waals surface area contributed by atoms with Crippen molar-refractivity contribution in [3.05, 3.63) is 28.3 Å². The zero-order chi connectivity index (χ0) is 13.1. The molecule has 94 valence electrons. The van der Waals surface area contributed by atoms with E-state index in [1.165, 1.54) is 19.2 Å². The molecule has 0 unspecified atom stereocenters. The average Bonchev–Trinajstić information content (AvgIpc) is 2.24. The van der Waals surface area contributed by atoms with Gasteiger partial charge < -0.3 is 19.9 Å². The number of methoxy groups -OCH3 is 1. The minimum absolute atomic E-state index is 0.0835. The monoisotopic (exact) mass is 263 g/mol. The highest BCUT2D eigenvalue weighted by Gasteiger charge is 2.15. The number of anilines is 1. The van der Waals surface area contributed by atoms with Crippen LogP contribution in [-0.2, 0) is 4.57 Å². The molecule has 1 aromatic rings. The first-order valence-electron chi connectivity index (χ1n) is 4.25. The number of non-ortho nitro benzene ring substituents is 1. The lowest BCUT2D eigenvalue weighted by Gasteiger charge is -2.12. The molecule has 0 fully saturated rings. The first-order chi connectivity index (χ1) is 7.83. The predicted octanol–water partition coefficient (Wildman–Crippen LogP) is 0.613. The Balaban J connectivity index is 2.93. The molecule has 10 heteroatoms. The minimum atomic E-state index is -4.44. The molecule has 9 nitrogen and oxygen atoms in total. The van der Waals surface area contributed by atoms with Gasteiger partial charge in [0.05, 0.1) is 23.8 Å². The van der Waals surface area contributed by atoms with Gasteiger partial charge in [0.1, 0.15) is 5.75 Å². The maximum atomic E-state index is 10.6. The molecule has 0 aromatic heterocycles. The van der Waals surface area contributed by atoms with Crippen LogP contribution in [0.5, 0.6) is 5.75 Å². The first kappa shape index (κ1) is 13.4. The Kier molecular flexibility index (Phi) is 4.02. The minimum Gasteiger partial charge on any atom is -0.494 e. The fraction of sp³-hybridized carbons (Fsp3) is 0.143. The summed E-state index contributed by atoms with van der Waals surface area (Å²) in [5.41, 5.74) is 2.19. The molecule has 1 aromatic carbocycles. The van der Waals surface area contributed by atoms with E-state index in [1.54, 1.807) is 5.20 Å². The summed E-state index contributed by atoms with van der Waals surface area (Å²) in [5, 5.41) is 12.2. The topological polar surface area (TPSA) is 134 Å². The number of nitrogens with zero attached hydrogens (tertiary/aromatic N) is 1. The van der Waals surface area contributed by atoms with Crippen LogP contribution < -0.4 is 15.4 Å². The SMILES string of the molecule is COc1cc([N+](=O)[O-])ccc1NNP(=O)(O)O. The van der Waals surface area contributed by atoms with Gasteiger partial charge in [0.2, 0.25) is 0 Å². The molecule has 0 saturated carbocycles. The van der Waals surface area contributed by atoms with E-state index in [0.717, 1.165) is 6.07 Å². The second kappa shape index (κ2) is 5.11. The molecule has 0 heterocycles. The van der Waals surface area contributed by atoms with Gasteiger partial charge in [0.15, 0.2) is 0 Å². The Morgan fingerprint density at radius 1 is 1.47 bits per heavy atom. The maximum absolute atomic E-state index is 10.6. The van der Waals surface area contributed by atoms with Crippen LogP contribution in [0.1, 0.15) is 0 Å². The van der Waals surface area contributed by atoms with Gasteiger partial charge in [-0.15, -0.1) is 5.20 Å². The highest BCUT2D eigenvalue weighted by Crippen LogP contribution is 2.32. The summed E-state index contributed by atoms with van der Waals surface area (Å²) >= 11 is 0. The van der Waals surface area contributed by atoms with Crippen molar-refractivity contribution in [1.29, 1.82) is 0 Å². The molecule has 1 rings (SSSR count). The van der Waals surface area contributed by atoms with Crippen molar-refractivity contribution in [3.8, 4) is 5.75 Å². The lowest BCUT2D eigenvalue weighted by Crippen LogP contribution is -2.18. The third-order valence-corrected chi connectivity index (χ3v) is 2.14. The molecular formula is C7H10N3O6P. The van der Waals surface area contributed by atoms with Crippen LogP contribution in [0.25, 0.3) is 0 Å². The number of nitrogens with one attached hydrogen (secondary N) is 2. The summed E-state index contributed by atoms with van der Waals surface area (Å²) in [6.07, 6.45) is 0. The van der Waals surface area contributed by atoms with Crippen molar-refractivity contribution in [2.45, 2.75) is 0 Å². The zero-order valence-electron chi connectivity index (χ0n) is 8.65. The molecule has 0 bridgehead atoms. The highest BCUT2D eigenvalue weighted by molar-refractivity contribution is 7.49. The van der Waals surface area contributed by atoms with Crippen molar-refractivity contribution in [3.63, 3.8) is 0 Å². The average molecular weight is 263 g/mol. The number of nitro benzene ring substituents is 1. The summed E-state index contributed by atoms with van der Waals surface area (Å²) in [6.45, 7) is 0. The standard InChI is InChI=1S/C7H10N3O6P/c1-16-7-4-5(10(11)12)2-3-6(7)8-9-17(13,14)15/h2-4,8H,1H3,(H3,9,13,14,15). The van der Waals surface area contributed by atoms with Gasteiger partial charge in [-0.3, -0.25) is 10.1 Å². The Morgan fingerprint density at radius 3 is 2.59 bits per heavy atom. The molecule has 0 aliphatic rings. The van der Waals surface area contributed by atoms with Crippen molar-refractivity contribution in [1.82, 2.24) is 5.20 Å². The Labute approximate surface area is 95.7 Å². The molecule has 0 saturated heterocycles. The van der Waals surface area contributed by atoms with Crippen molar-refractivity contribution >= 4 is 19.1 Å². The van der Waals surface area contributed by atoms with Crippen LogP contribution in [0.15, 0.2) is 18.2 Å². The number of hydrogen-bond donors (Lipinski definition) is 4. The van der Waals surface area contributed by atoms with Gasteiger partial charge in [0, 0.05) is 6.07 Å². The third-order valence-electron chi connectivity index (χ3n) is 1.73. The van der Waals surface area contributed by atoms with Gasteiger partial charge in [-0.1, -0.05) is 0 Å². The molecule has 4 N–H and O–H groups in total. The van der Waals surface area contributed by atoms with E-state index in [2.05, 4.69) is 5.43 Å². The lowest BCUT2D eigenvalue weighted by molar-refractivity contribution is -0.384. The van der Waals surface area contributed by atoms with E-state index in [9.17, 15) is 14.7 Å². The fourth-order valence-electron chi connectivity index (χ4n) is 1.03. The van der Waals surface area contributed by atoms with Gasteiger partial charge in [-0.25, -0.2) is 4.57 Å². The molecule has 0 aliphatic heterocycles. The molecular weight excluding hydrogens is 253 g/mol. The molecule has 0 spiro atoms. The van der Waals surface area contributed by atoms with E-state index < -0.39 is 12.7 Å². The molecule has 0 atom stereocenters. The van der Waals surface area contributed by atoms with E-state index in [0.29, 0.717) is 0 Å². The second-order valence-electron chi connectivity index (χ2n) is 2.92. The van der Waals surface area contributed by atoms with Crippen LogP contribution in [0.4, 0.5) is 11.4 Å². The maximum Gasteiger partial charge on any atom is 0.417 e. The van der Waals surface area contributed by atoms with Crippen molar-refractivity contribution in [2.24, 2.45) is 0 Å². The summed E-state index contributed by atoms with van der Waals surface area (Å²) in [5.74, 6) is 0.0835. The summed E-state index contributed by atoms with van der Waals surface area (Å²) in [6, 6.07) is 3.57. The van der Waals surface area contributed by atoms with Crippen LogP contribution in [0, 0.1) is 10.1 Å². The van der Waals surface area contributed by atoms with E-state index in [-0.39, 0.29) is 17.1 Å². The van der Waals surface area contributed by atoms with Gasteiger partial charge >= 0.3 is 7.75 Å². The number of nitro groups is 1. The smallest absolute Gasteiger partial charge is 0.417 e. The first-order valence-corrected chi connectivity index (χ1v) is 5.86. The summed E-state index contributed by atoms with van der Waals surface area (Å²) in [7, 11) is -3.16. The van der Waals surface area contributed by atoms with Crippen molar-refractivity contribution < 1.29 is 24.0 Å². The van der Waals surface area contributed by atoms with E-state index >= 15 is 0 Å².